The van der Waals surface area contributed by atoms with Crippen LogP contribution in [0, 0.1) is 0 Å². The fourth-order valence-corrected chi connectivity index (χ4v) is 2.21. The lowest BCUT2D eigenvalue weighted by Gasteiger charge is -2.08. The third-order valence-electron chi connectivity index (χ3n) is 3.18. The molecule has 0 aliphatic carbocycles. The van der Waals surface area contributed by atoms with Crippen LogP contribution in [0.25, 0.3) is 0 Å². The van der Waals surface area contributed by atoms with E-state index in [0.29, 0.717) is 0 Å². The summed E-state index contributed by atoms with van der Waals surface area (Å²) in [5.41, 5.74) is 1.51. The maximum absolute atomic E-state index is 2.43. The zero-order valence-corrected chi connectivity index (χ0v) is 11.0. The van der Waals surface area contributed by atoms with E-state index in [4.69, 9.17) is 0 Å². The monoisotopic (exact) mass is 221 g/mol. The van der Waals surface area contributed by atoms with Gasteiger partial charge in [0.1, 0.15) is 0 Å². The van der Waals surface area contributed by atoms with E-state index in [1.807, 2.05) is 0 Å². The fraction of sp³-hybridized carbons (Fsp3) is 0.733. The number of hydrogen-bond acceptors (Lipinski definition) is 0. The molecule has 16 heavy (non-hydrogen) atoms. The average Bonchev–Trinajstić information content (AvgIpc) is 2.72. The zero-order chi connectivity index (χ0) is 11.6. The van der Waals surface area contributed by atoms with Gasteiger partial charge in [0.15, 0.2) is 0 Å². The van der Waals surface area contributed by atoms with E-state index in [2.05, 4.69) is 36.7 Å². The lowest BCUT2D eigenvalue weighted by atomic mass is 10.1. The van der Waals surface area contributed by atoms with E-state index in [0.717, 1.165) is 0 Å². The van der Waals surface area contributed by atoms with Gasteiger partial charge in [0.25, 0.3) is 0 Å². The summed E-state index contributed by atoms with van der Waals surface area (Å²) in [6.07, 6.45) is 13.0. The molecule has 0 bridgehead atoms. The van der Waals surface area contributed by atoms with Crippen LogP contribution in [-0.4, -0.2) is 4.57 Å². The molecule has 0 saturated heterocycles. The zero-order valence-electron chi connectivity index (χ0n) is 11.0. The van der Waals surface area contributed by atoms with Gasteiger partial charge in [-0.1, -0.05) is 52.4 Å². The molecule has 1 heterocycles. The first-order valence-electron chi connectivity index (χ1n) is 7.02. The summed E-state index contributed by atoms with van der Waals surface area (Å²) >= 11 is 0. The predicted octanol–water partition coefficient (Wildman–Crippen LogP) is 4.80. The van der Waals surface area contributed by atoms with E-state index in [-0.39, 0.29) is 0 Å². The van der Waals surface area contributed by atoms with Crippen LogP contribution in [0.5, 0.6) is 0 Å². The molecule has 0 fully saturated rings. The van der Waals surface area contributed by atoms with Gasteiger partial charge in [-0.2, -0.15) is 0 Å². The molecule has 0 unspecified atom stereocenters. The van der Waals surface area contributed by atoms with Crippen LogP contribution in [0.2, 0.25) is 0 Å². The highest BCUT2D eigenvalue weighted by atomic mass is 15.0. The number of aromatic nitrogens is 1. The smallest absolute Gasteiger partial charge is 0.0222 e. The minimum absolute atomic E-state index is 1.22. The topological polar surface area (TPSA) is 4.93 Å². The van der Waals surface area contributed by atoms with Gasteiger partial charge in [0, 0.05) is 18.4 Å². The Labute approximate surface area is 101 Å². The van der Waals surface area contributed by atoms with Crippen LogP contribution in [0.1, 0.15) is 64.5 Å². The summed E-state index contributed by atoms with van der Waals surface area (Å²) in [7, 11) is 0. The van der Waals surface area contributed by atoms with E-state index in [1.54, 1.807) is 0 Å². The van der Waals surface area contributed by atoms with Crippen molar-refractivity contribution in [1.29, 1.82) is 0 Å². The second kappa shape index (κ2) is 8.43. The van der Waals surface area contributed by atoms with Gasteiger partial charge in [-0.3, -0.25) is 0 Å². The van der Waals surface area contributed by atoms with Gasteiger partial charge in [0.05, 0.1) is 0 Å². The van der Waals surface area contributed by atoms with Crippen LogP contribution in [-0.2, 0) is 13.0 Å². The number of hydrogen-bond donors (Lipinski definition) is 0. The largest absolute Gasteiger partial charge is 0.351 e. The van der Waals surface area contributed by atoms with Crippen molar-refractivity contribution in [2.24, 2.45) is 0 Å². The van der Waals surface area contributed by atoms with Crippen molar-refractivity contribution in [2.75, 3.05) is 0 Å². The third kappa shape index (κ3) is 4.87. The number of aryl methyl sites for hydroxylation is 2. The molecule has 0 radical (unpaired) electrons. The summed E-state index contributed by atoms with van der Waals surface area (Å²) in [4.78, 5) is 0. The Morgan fingerprint density at radius 1 is 0.938 bits per heavy atom. The van der Waals surface area contributed by atoms with E-state index >= 15 is 0 Å². The van der Waals surface area contributed by atoms with E-state index in [9.17, 15) is 0 Å². The highest BCUT2D eigenvalue weighted by Gasteiger charge is 1.99. The predicted molar refractivity (Wildman–Crippen MR) is 71.8 cm³/mol. The quantitative estimate of drug-likeness (QED) is 0.528. The first-order chi connectivity index (χ1) is 7.88. The third-order valence-corrected chi connectivity index (χ3v) is 3.18. The van der Waals surface area contributed by atoms with Crippen molar-refractivity contribution >= 4 is 0 Å². The second-order valence-corrected chi connectivity index (χ2v) is 4.71. The molecule has 0 amide bonds. The molecular formula is C15H27N. The molecular weight excluding hydrogens is 194 g/mol. The van der Waals surface area contributed by atoms with Gasteiger partial charge >= 0.3 is 0 Å². The molecule has 0 spiro atoms. The minimum atomic E-state index is 1.22. The standard InChI is InChI=1S/C15H27N/c1-3-5-6-7-8-9-13-16-14-10-12-15(16)11-4-2/h10,12,14H,3-9,11,13H2,1-2H3. The lowest BCUT2D eigenvalue weighted by molar-refractivity contribution is 0.548. The summed E-state index contributed by atoms with van der Waals surface area (Å²) < 4.78 is 2.43. The van der Waals surface area contributed by atoms with Crippen molar-refractivity contribution in [3.63, 3.8) is 0 Å². The van der Waals surface area contributed by atoms with Crippen LogP contribution >= 0.6 is 0 Å². The molecule has 1 rings (SSSR count). The SMILES string of the molecule is CCCCCCCCn1cccc1CCC. The van der Waals surface area contributed by atoms with Crippen molar-refractivity contribution in [2.45, 2.75) is 71.8 Å². The molecule has 0 aromatic carbocycles. The lowest BCUT2D eigenvalue weighted by Crippen LogP contribution is -2.01. The summed E-state index contributed by atoms with van der Waals surface area (Å²) in [5.74, 6) is 0. The molecule has 1 nitrogen and oxygen atoms in total. The Hall–Kier alpha value is -0.720. The second-order valence-electron chi connectivity index (χ2n) is 4.71. The molecule has 0 aliphatic rings. The van der Waals surface area contributed by atoms with Crippen molar-refractivity contribution < 1.29 is 0 Å². The van der Waals surface area contributed by atoms with Crippen molar-refractivity contribution in [3.8, 4) is 0 Å². The van der Waals surface area contributed by atoms with Crippen LogP contribution in [0.3, 0.4) is 0 Å². The molecule has 92 valence electrons. The van der Waals surface area contributed by atoms with E-state index < -0.39 is 0 Å². The number of unbranched alkanes of at least 4 members (excludes halogenated alkanes) is 5. The van der Waals surface area contributed by atoms with Crippen molar-refractivity contribution in [3.05, 3.63) is 24.0 Å². The Balaban J connectivity index is 2.13. The molecule has 0 saturated carbocycles. The maximum atomic E-state index is 2.43. The summed E-state index contributed by atoms with van der Waals surface area (Å²) in [6, 6.07) is 4.45. The first kappa shape index (κ1) is 13.3. The molecule has 0 N–H and O–H groups in total. The fourth-order valence-electron chi connectivity index (χ4n) is 2.21. The molecule has 0 aliphatic heterocycles. The highest BCUT2D eigenvalue weighted by molar-refractivity contribution is 5.07. The summed E-state index contributed by atoms with van der Waals surface area (Å²) in [5, 5.41) is 0. The molecule has 0 atom stereocenters. The van der Waals surface area contributed by atoms with Gasteiger partial charge in [0.2, 0.25) is 0 Å². The van der Waals surface area contributed by atoms with Crippen molar-refractivity contribution in [1.82, 2.24) is 4.57 Å². The normalized spacial score (nSPS) is 10.9. The summed E-state index contributed by atoms with van der Waals surface area (Å²) in [6.45, 7) is 5.74. The first-order valence-corrected chi connectivity index (χ1v) is 7.02. The van der Waals surface area contributed by atoms with Gasteiger partial charge in [-0.15, -0.1) is 0 Å². The molecule has 1 heteroatoms. The minimum Gasteiger partial charge on any atom is -0.351 e. The Kier molecular flexibility index (Phi) is 7.03. The van der Waals surface area contributed by atoms with E-state index in [1.165, 1.54) is 63.6 Å². The van der Waals surface area contributed by atoms with Crippen LogP contribution in [0.4, 0.5) is 0 Å². The van der Waals surface area contributed by atoms with Crippen LogP contribution < -0.4 is 0 Å². The van der Waals surface area contributed by atoms with Gasteiger partial charge in [-0.25, -0.2) is 0 Å². The Morgan fingerprint density at radius 3 is 2.44 bits per heavy atom. The highest BCUT2D eigenvalue weighted by Crippen LogP contribution is 2.10. The average molecular weight is 221 g/mol. The van der Waals surface area contributed by atoms with Gasteiger partial charge < -0.3 is 4.57 Å². The molecule has 1 aromatic heterocycles. The Morgan fingerprint density at radius 2 is 1.69 bits per heavy atom. The van der Waals surface area contributed by atoms with Gasteiger partial charge in [-0.05, 0) is 25.0 Å². The Bertz CT molecular complexity index is 262. The van der Waals surface area contributed by atoms with Crippen LogP contribution in [0.15, 0.2) is 18.3 Å². The molecule has 1 aromatic rings. The number of rotatable bonds is 9. The maximum Gasteiger partial charge on any atom is 0.0222 e. The number of nitrogens with zero attached hydrogens (tertiary/aromatic N) is 1.